The number of rotatable bonds is 5. The van der Waals surface area contributed by atoms with Crippen LogP contribution < -0.4 is 10.6 Å². The van der Waals surface area contributed by atoms with Gasteiger partial charge in [0.2, 0.25) is 0 Å². The van der Waals surface area contributed by atoms with Crippen molar-refractivity contribution in [1.29, 1.82) is 0 Å². The van der Waals surface area contributed by atoms with Crippen molar-refractivity contribution in [3.8, 4) is 0 Å². The fraction of sp³-hybridized carbons (Fsp3) is 0.267. The number of anilines is 2. The van der Waals surface area contributed by atoms with Crippen LogP contribution in [-0.2, 0) is 16.4 Å². The summed E-state index contributed by atoms with van der Waals surface area (Å²) < 4.78 is 23.8. The molecule has 2 N–H and O–H groups in total. The molecule has 0 bridgehead atoms. The number of nitrogens with zero attached hydrogens (tertiary/aromatic N) is 2. The summed E-state index contributed by atoms with van der Waals surface area (Å²) in [6.45, 7) is 3.17. The standard InChI is InChI=1S/C15H19N3O2S/c1-3-18(11-12-6-4-7-13(16)10-12)15-14(21(2,19)20)8-5-9-17-15/h4-10H,3,11,16H2,1-2H3. The lowest BCUT2D eigenvalue weighted by Crippen LogP contribution is -2.25. The summed E-state index contributed by atoms with van der Waals surface area (Å²) >= 11 is 0. The van der Waals surface area contributed by atoms with Crippen LogP contribution in [-0.4, -0.2) is 26.2 Å². The molecule has 0 atom stereocenters. The number of pyridine rings is 1. The van der Waals surface area contributed by atoms with Crippen molar-refractivity contribution in [3.63, 3.8) is 0 Å². The number of nitrogens with two attached hydrogens (primary N) is 1. The van der Waals surface area contributed by atoms with Gasteiger partial charge < -0.3 is 10.6 Å². The second-order valence-electron chi connectivity index (χ2n) is 4.86. The Morgan fingerprint density at radius 3 is 2.62 bits per heavy atom. The number of benzene rings is 1. The third kappa shape index (κ3) is 3.72. The van der Waals surface area contributed by atoms with E-state index in [2.05, 4.69) is 4.98 Å². The van der Waals surface area contributed by atoms with Crippen molar-refractivity contribution in [2.24, 2.45) is 0 Å². The summed E-state index contributed by atoms with van der Waals surface area (Å²) in [4.78, 5) is 6.42. The molecule has 21 heavy (non-hydrogen) atoms. The fourth-order valence-corrected chi connectivity index (χ4v) is 3.00. The Kier molecular flexibility index (Phi) is 4.47. The molecular formula is C15H19N3O2S. The molecule has 0 aliphatic carbocycles. The molecule has 1 aromatic heterocycles. The number of sulfone groups is 1. The van der Waals surface area contributed by atoms with E-state index in [1.54, 1.807) is 18.3 Å². The first-order chi connectivity index (χ1) is 9.91. The quantitative estimate of drug-likeness (QED) is 0.856. The summed E-state index contributed by atoms with van der Waals surface area (Å²) in [6, 6.07) is 10.8. The van der Waals surface area contributed by atoms with E-state index in [-0.39, 0.29) is 4.90 Å². The summed E-state index contributed by atoms with van der Waals surface area (Å²) in [7, 11) is -3.32. The molecule has 1 aromatic carbocycles. The Labute approximate surface area is 125 Å². The van der Waals surface area contributed by atoms with Crippen LogP contribution in [0.5, 0.6) is 0 Å². The van der Waals surface area contributed by atoms with Gasteiger partial charge in [-0.25, -0.2) is 13.4 Å². The predicted octanol–water partition coefficient (Wildman–Crippen LogP) is 2.09. The number of nitrogen functional groups attached to an aromatic ring is 1. The molecule has 2 aromatic rings. The molecule has 0 aliphatic rings. The van der Waals surface area contributed by atoms with Crippen molar-refractivity contribution in [2.45, 2.75) is 18.4 Å². The van der Waals surface area contributed by atoms with Crippen LogP contribution in [0.4, 0.5) is 11.5 Å². The molecule has 0 unspecified atom stereocenters. The molecule has 0 amide bonds. The minimum absolute atomic E-state index is 0.246. The number of aromatic nitrogens is 1. The van der Waals surface area contributed by atoms with Gasteiger partial charge in [0, 0.05) is 31.2 Å². The monoisotopic (exact) mass is 305 g/mol. The third-order valence-electron chi connectivity index (χ3n) is 3.16. The highest BCUT2D eigenvalue weighted by Gasteiger charge is 2.18. The van der Waals surface area contributed by atoms with Gasteiger partial charge in [-0.15, -0.1) is 0 Å². The van der Waals surface area contributed by atoms with Crippen molar-refractivity contribution < 1.29 is 8.42 Å². The maximum atomic E-state index is 11.9. The van der Waals surface area contributed by atoms with Crippen LogP contribution in [0.1, 0.15) is 12.5 Å². The Bertz CT molecular complexity index is 729. The fourth-order valence-electron chi connectivity index (χ4n) is 2.16. The maximum Gasteiger partial charge on any atom is 0.179 e. The summed E-state index contributed by atoms with van der Waals surface area (Å²) in [6.07, 6.45) is 2.80. The molecule has 6 heteroatoms. The minimum Gasteiger partial charge on any atom is -0.399 e. The normalized spacial score (nSPS) is 11.3. The van der Waals surface area contributed by atoms with E-state index < -0.39 is 9.84 Å². The van der Waals surface area contributed by atoms with Gasteiger partial charge in [-0.2, -0.15) is 0 Å². The lowest BCUT2D eigenvalue weighted by Gasteiger charge is -2.24. The average Bonchev–Trinajstić information content (AvgIpc) is 2.44. The Morgan fingerprint density at radius 2 is 2.00 bits per heavy atom. The first-order valence-electron chi connectivity index (χ1n) is 6.66. The van der Waals surface area contributed by atoms with Crippen molar-refractivity contribution >= 4 is 21.3 Å². The summed E-state index contributed by atoms with van der Waals surface area (Å²) in [5, 5.41) is 0. The van der Waals surface area contributed by atoms with Gasteiger partial charge in [0.15, 0.2) is 9.84 Å². The van der Waals surface area contributed by atoms with E-state index >= 15 is 0 Å². The predicted molar refractivity (Wildman–Crippen MR) is 84.9 cm³/mol. The topological polar surface area (TPSA) is 76.3 Å². The van der Waals surface area contributed by atoms with Gasteiger partial charge in [-0.3, -0.25) is 0 Å². The zero-order valence-corrected chi connectivity index (χ0v) is 13.0. The first-order valence-corrected chi connectivity index (χ1v) is 8.55. The molecule has 2 rings (SSSR count). The second-order valence-corrected chi connectivity index (χ2v) is 6.84. The Balaban J connectivity index is 2.39. The second kappa shape index (κ2) is 6.13. The lowest BCUT2D eigenvalue weighted by atomic mass is 10.2. The van der Waals surface area contributed by atoms with Crippen LogP contribution >= 0.6 is 0 Å². The molecule has 0 radical (unpaired) electrons. The van der Waals surface area contributed by atoms with Crippen molar-refractivity contribution in [2.75, 3.05) is 23.4 Å². The van der Waals surface area contributed by atoms with Gasteiger partial charge >= 0.3 is 0 Å². The highest BCUT2D eigenvalue weighted by atomic mass is 32.2. The molecular weight excluding hydrogens is 286 g/mol. The van der Waals surface area contributed by atoms with Gasteiger partial charge in [0.1, 0.15) is 10.7 Å². The zero-order chi connectivity index (χ0) is 15.5. The van der Waals surface area contributed by atoms with E-state index in [1.807, 2.05) is 36.1 Å². The van der Waals surface area contributed by atoms with E-state index in [1.165, 1.54) is 6.26 Å². The molecule has 112 valence electrons. The third-order valence-corrected chi connectivity index (χ3v) is 4.27. The molecule has 1 heterocycles. The summed E-state index contributed by atoms with van der Waals surface area (Å²) in [5.74, 6) is 0.477. The van der Waals surface area contributed by atoms with Gasteiger partial charge in [-0.05, 0) is 36.8 Å². The number of hydrogen-bond donors (Lipinski definition) is 1. The van der Waals surface area contributed by atoms with E-state index in [9.17, 15) is 8.42 Å². The SMILES string of the molecule is CCN(Cc1cccc(N)c1)c1ncccc1S(C)(=O)=O. The lowest BCUT2D eigenvalue weighted by molar-refractivity contribution is 0.600. The van der Waals surface area contributed by atoms with Gasteiger partial charge in [0.25, 0.3) is 0 Å². The largest absolute Gasteiger partial charge is 0.399 e. The van der Waals surface area contributed by atoms with E-state index in [0.717, 1.165) is 5.56 Å². The molecule has 0 aliphatic heterocycles. The van der Waals surface area contributed by atoms with Crippen molar-refractivity contribution in [3.05, 3.63) is 48.2 Å². The highest BCUT2D eigenvalue weighted by molar-refractivity contribution is 7.90. The Morgan fingerprint density at radius 1 is 1.24 bits per heavy atom. The summed E-state index contributed by atoms with van der Waals surface area (Å²) in [5.41, 5.74) is 7.49. The van der Waals surface area contributed by atoms with Gasteiger partial charge in [0.05, 0.1) is 0 Å². The van der Waals surface area contributed by atoms with Crippen molar-refractivity contribution in [1.82, 2.24) is 4.98 Å². The molecule has 0 saturated heterocycles. The minimum atomic E-state index is -3.32. The zero-order valence-electron chi connectivity index (χ0n) is 12.2. The molecule has 0 saturated carbocycles. The molecule has 0 fully saturated rings. The average molecular weight is 305 g/mol. The van der Waals surface area contributed by atoms with Crippen LogP contribution in [0.15, 0.2) is 47.5 Å². The van der Waals surface area contributed by atoms with Crippen LogP contribution in [0.2, 0.25) is 0 Å². The smallest absolute Gasteiger partial charge is 0.179 e. The molecule has 5 nitrogen and oxygen atoms in total. The highest BCUT2D eigenvalue weighted by Crippen LogP contribution is 2.24. The van der Waals surface area contributed by atoms with Gasteiger partial charge in [-0.1, -0.05) is 12.1 Å². The van der Waals surface area contributed by atoms with E-state index in [0.29, 0.717) is 24.6 Å². The van der Waals surface area contributed by atoms with Crippen LogP contribution in [0, 0.1) is 0 Å². The number of hydrogen-bond acceptors (Lipinski definition) is 5. The Hall–Kier alpha value is -2.08. The first kappa shape index (κ1) is 15.3. The van der Waals surface area contributed by atoms with Crippen LogP contribution in [0.25, 0.3) is 0 Å². The maximum absolute atomic E-state index is 11.9. The van der Waals surface area contributed by atoms with Crippen LogP contribution in [0.3, 0.4) is 0 Å². The molecule has 0 spiro atoms. The van der Waals surface area contributed by atoms with E-state index in [4.69, 9.17) is 5.73 Å².